The van der Waals surface area contributed by atoms with Crippen molar-refractivity contribution in [1.29, 1.82) is 0 Å². The second-order valence-corrected chi connectivity index (χ2v) is 21.0. The highest BCUT2D eigenvalue weighted by atomic mass is 16.3. The maximum absolute atomic E-state index is 12.6. The summed E-state index contributed by atoms with van der Waals surface area (Å²) in [4.78, 5) is 12.6. The van der Waals surface area contributed by atoms with Gasteiger partial charge in [0, 0.05) is 0 Å². The first-order valence-electron chi connectivity index (χ1n) is 30.4. The predicted octanol–water partition coefficient (Wildman–Crippen LogP) is 18.0. The maximum Gasteiger partial charge on any atom is 0.249 e. The van der Waals surface area contributed by atoms with Gasteiger partial charge in [-0.1, -0.05) is 294 Å². The SMILES string of the molecule is CCCCCCCCCCCCCCCCC/C=C/CC/C=C/CC/C=C/CCCC(O)C(O)C(CO)NC(=O)C(O)CCCCCCCCCCCCCCCCCCCCCCCCCC. The zero-order valence-electron chi connectivity index (χ0n) is 45.6. The van der Waals surface area contributed by atoms with Gasteiger partial charge in [0.05, 0.1) is 18.8 Å². The molecular weight excluding hydrogens is 839 g/mol. The Bertz CT molecular complexity index is 1080. The molecule has 0 fully saturated rings. The first-order valence-corrected chi connectivity index (χ1v) is 30.4. The van der Waals surface area contributed by atoms with E-state index in [1.54, 1.807) is 0 Å². The molecule has 0 aliphatic rings. The van der Waals surface area contributed by atoms with E-state index < -0.39 is 36.9 Å². The molecule has 1 amide bonds. The van der Waals surface area contributed by atoms with Crippen molar-refractivity contribution in [3.8, 4) is 0 Å². The molecule has 0 aliphatic heterocycles. The molecule has 402 valence electrons. The number of carbonyl (C=O) groups is 1. The van der Waals surface area contributed by atoms with Crippen LogP contribution in [0.3, 0.4) is 0 Å². The molecule has 0 saturated carbocycles. The molecule has 0 bridgehead atoms. The molecule has 0 aliphatic carbocycles. The smallest absolute Gasteiger partial charge is 0.249 e. The van der Waals surface area contributed by atoms with Crippen molar-refractivity contribution in [2.24, 2.45) is 0 Å². The van der Waals surface area contributed by atoms with Gasteiger partial charge >= 0.3 is 0 Å². The summed E-state index contributed by atoms with van der Waals surface area (Å²) in [6.07, 6.45) is 70.9. The average molecular weight is 959 g/mol. The maximum atomic E-state index is 12.6. The number of hydrogen-bond acceptors (Lipinski definition) is 5. The molecule has 0 spiro atoms. The van der Waals surface area contributed by atoms with Gasteiger partial charge < -0.3 is 25.7 Å². The topological polar surface area (TPSA) is 110 Å². The molecule has 4 unspecified atom stereocenters. The summed E-state index contributed by atoms with van der Waals surface area (Å²) in [7, 11) is 0. The third kappa shape index (κ3) is 49.5. The van der Waals surface area contributed by atoms with Gasteiger partial charge in [0.25, 0.3) is 0 Å². The van der Waals surface area contributed by atoms with Crippen LogP contribution < -0.4 is 5.32 Å². The fraction of sp³-hybridized carbons (Fsp3) is 0.887. The number of aliphatic hydroxyl groups is 4. The fourth-order valence-corrected chi connectivity index (χ4v) is 9.56. The van der Waals surface area contributed by atoms with Crippen molar-refractivity contribution in [1.82, 2.24) is 5.32 Å². The van der Waals surface area contributed by atoms with Gasteiger partial charge in [0.15, 0.2) is 0 Å². The second kappa shape index (κ2) is 56.4. The lowest BCUT2D eigenvalue weighted by Gasteiger charge is -2.27. The normalized spacial score (nSPS) is 13.9. The number of hydrogen-bond donors (Lipinski definition) is 5. The van der Waals surface area contributed by atoms with Gasteiger partial charge in [-0.3, -0.25) is 4.79 Å². The molecule has 0 rings (SSSR count). The first-order chi connectivity index (χ1) is 33.5. The van der Waals surface area contributed by atoms with E-state index in [1.807, 2.05) is 0 Å². The Morgan fingerprint density at radius 3 is 0.926 bits per heavy atom. The van der Waals surface area contributed by atoms with E-state index >= 15 is 0 Å². The number of carbonyl (C=O) groups excluding carboxylic acids is 1. The first kappa shape index (κ1) is 66.5. The predicted molar refractivity (Wildman–Crippen MR) is 297 cm³/mol. The summed E-state index contributed by atoms with van der Waals surface area (Å²) in [5, 5.41) is 44.0. The molecule has 6 heteroatoms. The number of nitrogens with one attached hydrogen (secondary N) is 1. The van der Waals surface area contributed by atoms with Crippen molar-refractivity contribution in [3.63, 3.8) is 0 Å². The van der Waals surface area contributed by atoms with Crippen LogP contribution in [0.5, 0.6) is 0 Å². The van der Waals surface area contributed by atoms with Crippen LogP contribution in [0.2, 0.25) is 0 Å². The molecular formula is C62H119NO5. The number of aliphatic hydroxyl groups excluding tert-OH is 4. The van der Waals surface area contributed by atoms with Gasteiger partial charge in [-0.25, -0.2) is 0 Å². The Hall–Kier alpha value is -1.47. The summed E-state index contributed by atoms with van der Waals surface area (Å²) in [5.41, 5.74) is 0. The number of allylic oxidation sites excluding steroid dienone is 6. The van der Waals surface area contributed by atoms with Crippen LogP contribution in [0.15, 0.2) is 36.5 Å². The number of amides is 1. The minimum absolute atomic E-state index is 0.362. The van der Waals surface area contributed by atoms with Crippen molar-refractivity contribution in [3.05, 3.63) is 36.5 Å². The lowest BCUT2D eigenvalue weighted by molar-refractivity contribution is -0.132. The lowest BCUT2D eigenvalue weighted by atomic mass is 10.00. The summed E-state index contributed by atoms with van der Waals surface area (Å²) in [6.45, 7) is 4.08. The molecule has 0 heterocycles. The largest absolute Gasteiger partial charge is 0.394 e. The highest BCUT2D eigenvalue weighted by molar-refractivity contribution is 5.80. The molecule has 4 atom stereocenters. The van der Waals surface area contributed by atoms with Crippen LogP contribution in [0.1, 0.15) is 322 Å². The third-order valence-electron chi connectivity index (χ3n) is 14.3. The fourth-order valence-electron chi connectivity index (χ4n) is 9.56. The van der Waals surface area contributed by atoms with Gasteiger partial charge in [-0.15, -0.1) is 0 Å². The molecule has 68 heavy (non-hydrogen) atoms. The Morgan fingerprint density at radius 2 is 0.618 bits per heavy atom. The van der Waals surface area contributed by atoms with Gasteiger partial charge in [0.2, 0.25) is 5.91 Å². The average Bonchev–Trinajstić information content (AvgIpc) is 3.34. The Morgan fingerprint density at radius 1 is 0.353 bits per heavy atom. The minimum atomic E-state index is -1.29. The van der Waals surface area contributed by atoms with E-state index in [0.29, 0.717) is 19.3 Å². The third-order valence-corrected chi connectivity index (χ3v) is 14.3. The molecule has 0 aromatic rings. The van der Waals surface area contributed by atoms with Crippen LogP contribution in [0.4, 0.5) is 0 Å². The quantitative estimate of drug-likeness (QED) is 0.0308. The number of unbranched alkanes of at least 4 members (excludes halogenated alkanes) is 41. The van der Waals surface area contributed by atoms with Crippen LogP contribution in [-0.2, 0) is 4.79 Å². The molecule has 0 radical (unpaired) electrons. The minimum Gasteiger partial charge on any atom is -0.394 e. The van der Waals surface area contributed by atoms with E-state index in [-0.39, 0.29) is 0 Å². The van der Waals surface area contributed by atoms with E-state index in [4.69, 9.17) is 0 Å². The van der Waals surface area contributed by atoms with Gasteiger partial charge in [0.1, 0.15) is 12.2 Å². The Kier molecular flexibility index (Phi) is 55.2. The van der Waals surface area contributed by atoms with E-state index in [1.165, 1.54) is 238 Å². The summed E-state index contributed by atoms with van der Waals surface area (Å²) in [6, 6.07) is -1.01. The highest BCUT2D eigenvalue weighted by Gasteiger charge is 2.28. The highest BCUT2D eigenvalue weighted by Crippen LogP contribution is 2.18. The summed E-state index contributed by atoms with van der Waals surface area (Å²) >= 11 is 0. The molecule has 0 aromatic carbocycles. The molecule has 5 N–H and O–H groups in total. The van der Waals surface area contributed by atoms with Crippen LogP contribution in [0.25, 0.3) is 0 Å². The van der Waals surface area contributed by atoms with Gasteiger partial charge in [-0.05, 0) is 64.2 Å². The van der Waals surface area contributed by atoms with Crippen molar-refractivity contribution < 1.29 is 25.2 Å². The van der Waals surface area contributed by atoms with Crippen LogP contribution in [-0.4, -0.2) is 57.3 Å². The van der Waals surface area contributed by atoms with E-state index in [0.717, 1.165) is 51.4 Å². The van der Waals surface area contributed by atoms with E-state index in [2.05, 4.69) is 55.6 Å². The van der Waals surface area contributed by atoms with Crippen LogP contribution in [0, 0.1) is 0 Å². The number of rotatable bonds is 56. The monoisotopic (exact) mass is 958 g/mol. The molecule has 6 nitrogen and oxygen atoms in total. The standard InChI is InChI=1S/C62H119NO5/c1-3-5-7-9-11-13-15-17-19-21-23-25-27-29-30-31-32-34-35-37-39-41-43-45-47-49-51-53-55-59(65)61(67)58(57-64)63-62(68)60(66)56-54-52-50-48-46-44-42-40-38-36-33-28-26-24-22-20-18-16-14-12-10-8-6-4-2/h32,34,39,41,47,49,58-61,64-67H,3-31,33,35-38,40,42-46,48,50-57H2,1-2H3,(H,63,68)/b34-32+,41-39+,49-47+. The lowest BCUT2D eigenvalue weighted by Crippen LogP contribution is -2.53. The van der Waals surface area contributed by atoms with Crippen LogP contribution >= 0.6 is 0 Å². The van der Waals surface area contributed by atoms with Crippen molar-refractivity contribution in [2.75, 3.05) is 6.61 Å². The Balaban J connectivity index is 3.67. The van der Waals surface area contributed by atoms with Crippen molar-refractivity contribution >= 4 is 5.91 Å². The zero-order valence-corrected chi connectivity index (χ0v) is 45.6. The second-order valence-electron chi connectivity index (χ2n) is 21.0. The summed E-state index contributed by atoms with van der Waals surface area (Å²) in [5.74, 6) is -0.594. The summed E-state index contributed by atoms with van der Waals surface area (Å²) < 4.78 is 0. The molecule has 0 saturated heterocycles. The van der Waals surface area contributed by atoms with Gasteiger partial charge in [-0.2, -0.15) is 0 Å². The zero-order chi connectivity index (χ0) is 49.5. The molecule has 0 aromatic heterocycles. The van der Waals surface area contributed by atoms with Crippen molar-refractivity contribution in [2.45, 2.75) is 346 Å². The Labute approximate surface area is 424 Å². The van der Waals surface area contributed by atoms with E-state index in [9.17, 15) is 25.2 Å².